The van der Waals surface area contributed by atoms with E-state index in [1.54, 1.807) is 75.4 Å². The topological polar surface area (TPSA) is 64.6 Å². The predicted octanol–water partition coefficient (Wildman–Crippen LogP) is 4.90. The second-order valence-electron chi connectivity index (χ2n) is 6.34. The second kappa shape index (κ2) is 7.66. The number of carbonyl (C=O) groups is 2. The normalized spacial score (nSPS) is 10.7. The van der Waals surface area contributed by atoms with Gasteiger partial charge in [-0.2, -0.15) is 0 Å². The molecule has 0 heterocycles. The van der Waals surface area contributed by atoms with Crippen LogP contribution in [0.25, 0.3) is 6.08 Å². The highest BCUT2D eigenvalue weighted by Crippen LogP contribution is 2.25. The van der Waals surface area contributed by atoms with Gasteiger partial charge in [0.1, 0.15) is 5.60 Å². The first-order valence-corrected chi connectivity index (χ1v) is 7.82. The largest absolute Gasteiger partial charge is 0.514 e. The summed E-state index contributed by atoms with van der Waals surface area (Å²) in [5.41, 5.74) is 1.12. The van der Waals surface area contributed by atoms with Crippen LogP contribution in [0.3, 0.4) is 0 Å². The van der Waals surface area contributed by atoms with Gasteiger partial charge in [0, 0.05) is 5.56 Å². The minimum Gasteiger partial charge on any atom is -0.428 e. The minimum absolute atomic E-state index is 0.216. The Labute approximate surface area is 147 Å². The molecule has 2 aromatic rings. The maximum absolute atomic E-state index is 12.4. The fourth-order valence-corrected chi connectivity index (χ4v) is 1.98. The number of hydrogen-bond acceptors (Lipinski definition) is 4. The predicted molar refractivity (Wildman–Crippen MR) is 97.8 cm³/mol. The molecule has 0 atom stereocenters. The van der Waals surface area contributed by atoms with Crippen LogP contribution in [0.15, 0.2) is 55.1 Å². The van der Waals surface area contributed by atoms with E-state index in [1.165, 1.54) is 0 Å². The quantitative estimate of drug-likeness (QED) is 0.636. The smallest absolute Gasteiger partial charge is 0.428 e. The summed E-state index contributed by atoms with van der Waals surface area (Å²) < 4.78 is 10.3. The van der Waals surface area contributed by atoms with Gasteiger partial charge >= 0.3 is 6.16 Å². The first-order chi connectivity index (χ1) is 11.8. The number of anilines is 1. The van der Waals surface area contributed by atoms with Crippen molar-refractivity contribution in [3.8, 4) is 5.75 Å². The van der Waals surface area contributed by atoms with Crippen molar-refractivity contribution in [1.29, 1.82) is 0 Å². The van der Waals surface area contributed by atoms with E-state index in [-0.39, 0.29) is 11.7 Å². The van der Waals surface area contributed by atoms with Crippen molar-refractivity contribution in [2.75, 3.05) is 5.32 Å². The van der Waals surface area contributed by atoms with Crippen LogP contribution in [0, 0.1) is 0 Å². The van der Waals surface area contributed by atoms with Crippen LogP contribution in [0.5, 0.6) is 5.75 Å². The van der Waals surface area contributed by atoms with Crippen molar-refractivity contribution < 1.29 is 19.1 Å². The Morgan fingerprint density at radius 3 is 2.28 bits per heavy atom. The van der Waals surface area contributed by atoms with Gasteiger partial charge in [-0.15, -0.1) is 0 Å². The number of carbonyl (C=O) groups excluding carboxylic acids is 2. The molecular formula is C20H21NO4. The number of benzene rings is 2. The standard InChI is InChI=1S/C20H21NO4/c1-5-14-10-12-15(13-11-14)18(22)21-16-8-6-7-9-17(16)24-19(23)25-20(2,3)4/h5-13H,1H2,2-4H3,(H,21,22). The van der Waals surface area contributed by atoms with E-state index >= 15 is 0 Å². The lowest BCUT2D eigenvalue weighted by atomic mass is 10.1. The third-order valence-corrected chi connectivity index (χ3v) is 3.13. The second-order valence-corrected chi connectivity index (χ2v) is 6.34. The van der Waals surface area contributed by atoms with Crippen LogP contribution in [0.4, 0.5) is 10.5 Å². The molecule has 0 unspecified atom stereocenters. The molecular weight excluding hydrogens is 318 g/mol. The lowest BCUT2D eigenvalue weighted by molar-refractivity contribution is 0.0207. The number of para-hydroxylation sites is 2. The molecule has 130 valence electrons. The summed E-state index contributed by atoms with van der Waals surface area (Å²) in [7, 11) is 0. The van der Waals surface area contributed by atoms with E-state index in [4.69, 9.17) is 9.47 Å². The fraction of sp³-hybridized carbons (Fsp3) is 0.200. The molecule has 2 aromatic carbocycles. The highest BCUT2D eigenvalue weighted by Gasteiger charge is 2.19. The van der Waals surface area contributed by atoms with Gasteiger partial charge in [-0.25, -0.2) is 4.79 Å². The van der Waals surface area contributed by atoms with Crippen molar-refractivity contribution >= 4 is 23.8 Å². The van der Waals surface area contributed by atoms with Gasteiger partial charge in [-0.05, 0) is 50.6 Å². The zero-order valence-corrected chi connectivity index (χ0v) is 14.5. The summed E-state index contributed by atoms with van der Waals surface area (Å²) in [6, 6.07) is 13.7. The Bertz CT molecular complexity index is 773. The van der Waals surface area contributed by atoms with E-state index in [9.17, 15) is 9.59 Å². The molecule has 0 aromatic heterocycles. The monoisotopic (exact) mass is 339 g/mol. The molecule has 0 bridgehead atoms. The van der Waals surface area contributed by atoms with Gasteiger partial charge < -0.3 is 14.8 Å². The van der Waals surface area contributed by atoms with Gasteiger partial charge in [0.25, 0.3) is 5.91 Å². The fourth-order valence-electron chi connectivity index (χ4n) is 1.98. The molecule has 1 amide bonds. The highest BCUT2D eigenvalue weighted by molar-refractivity contribution is 6.05. The number of ether oxygens (including phenoxy) is 2. The molecule has 0 aliphatic rings. The van der Waals surface area contributed by atoms with Gasteiger partial charge in [-0.3, -0.25) is 4.79 Å². The molecule has 0 fully saturated rings. The Morgan fingerprint density at radius 2 is 1.68 bits per heavy atom. The summed E-state index contributed by atoms with van der Waals surface area (Å²) >= 11 is 0. The van der Waals surface area contributed by atoms with Crippen LogP contribution >= 0.6 is 0 Å². The van der Waals surface area contributed by atoms with Crippen LogP contribution in [0.2, 0.25) is 0 Å². The zero-order chi connectivity index (χ0) is 18.4. The van der Waals surface area contributed by atoms with Crippen molar-refractivity contribution in [3.63, 3.8) is 0 Å². The van der Waals surface area contributed by atoms with E-state index in [1.807, 2.05) is 0 Å². The first-order valence-electron chi connectivity index (χ1n) is 7.82. The van der Waals surface area contributed by atoms with Crippen molar-refractivity contribution in [2.24, 2.45) is 0 Å². The van der Waals surface area contributed by atoms with E-state index in [2.05, 4.69) is 11.9 Å². The summed E-state index contributed by atoms with van der Waals surface area (Å²) in [6.07, 6.45) is 0.871. The molecule has 0 aliphatic heterocycles. The first kappa shape index (κ1) is 18.3. The summed E-state index contributed by atoms with van der Waals surface area (Å²) in [5.74, 6) is -0.0938. The van der Waals surface area contributed by atoms with Gasteiger partial charge in [0.05, 0.1) is 5.69 Å². The van der Waals surface area contributed by atoms with Gasteiger partial charge in [0.15, 0.2) is 5.75 Å². The minimum atomic E-state index is -0.829. The van der Waals surface area contributed by atoms with Gasteiger partial charge in [-0.1, -0.05) is 36.9 Å². The molecule has 0 aliphatic carbocycles. The van der Waals surface area contributed by atoms with Crippen molar-refractivity contribution in [1.82, 2.24) is 0 Å². The zero-order valence-electron chi connectivity index (χ0n) is 14.5. The lowest BCUT2D eigenvalue weighted by Gasteiger charge is -2.19. The number of rotatable bonds is 4. The molecule has 5 heteroatoms. The highest BCUT2D eigenvalue weighted by atomic mass is 16.7. The average molecular weight is 339 g/mol. The Balaban J connectivity index is 2.12. The number of nitrogens with one attached hydrogen (secondary N) is 1. The summed E-state index contributed by atoms with van der Waals surface area (Å²) in [4.78, 5) is 24.2. The Morgan fingerprint density at radius 1 is 1.04 bits per heavy atom. The molecule has 25 heavy (non-hydrogen) atoms. The van der Waals surface area contributed by atoms with E-state index < -0.39 is 11.8 Å². The lowest BCUT2D eigenvalue weighted by Crippen LogP contribution is -2.26. The maximum Gasteiger partial charge on any atom is 0.514 e. The Kier molecular flexibility index (Phi) is 5.60. The summed E-state index contributed by atoms with van der Waals surface area (Å²) in [5, 5.41) is 2.73. The van der Waals surface area contributed by atoms with Crippen LogP contribution in [-0.4, -0.2) is 17.7 Å². The summed E-state index contributed by atoms with van der Waals surface area (Å²) in [6.45, 7) is 8.91. The van der Waals surface area contributed by atoms with E-state index in [0.717, 1.165) is 5.56 Å². The molecule has 0 spiro atoms. The molecule has 1 N–H and O–H groups in total. The third-order valence-electron chi connectivity index (χ3n) is 3.13. The average Bonchev–Trinajstić information content (AvgIpc) is 2.55. The van der Waals surface area contributed by atoms with Crippen LogP contribution < -0.4 is 10.1 Å². The molecule has 0 saturated carbocycles. The molecule has 0 saturated heterocycles. The van der Waals surface area contributed by atoms with Gasteiger partial charge in [0.2, 0.25) is 0 Å². The third kappa shape index (κ3) is 5.49. The van der Waals surface area contributed by atoms with Crippen molar-refractivity contribution in [3.05, 3.63) is 66.2 Å². The molecule has 5 nitrogen and oxygen atoms in total. The van der Waals surface area contributed by atoms with Crippen LogP contribution in [-0.2, 0) is 4.74 Å². The maximum atomic E-state index is 12.4. The molecule has 0 radical (unpaired) electrons. The van der Waals surface area contributed by atoms with Crippen molar-refractivity contribution in [2.45, 2.75) is 26.4 Å². The Hall–Kier alpha value is -3.08. The van der Waals surface area contributed by atoms with E-state index in [0.29, 0.717) is 11.3 Å². The number of hydrogen-bond donors (Lipinski definition) is 1. The molecule has 2 rings (SSSR count). The van der Waals surface area contributed by atoms with Crippen LogP contribution in [0.1, 0.15) is 36.7 Å². The SMILES string of the molecule is C=Cc1ccc(C(=O)Nc2ccccc2OC(=O)OC(C)(C)C)cc1. The number of amides is 1.